The molecule has 1 spiro atoms. The smallest absolute Gasteiger partial charge is 0.224 e. The van der Waals surface area contributed by atoms with Gasteiger partial charge in [0.15, 0.2) is 11.6 Å². The molecule has 2 aliphatic heterocycles. The Morgan fingerprint density at radius 3 is 2.94 bits per heavy atom. The molecule has 3 heterocycles. The van der Waals surface area contributed by atoms with Gasteiger partial charge in [0.05, 0.1) is 31.6 Å². The summed E-state index contributed by atoms with van der Waals surface area (Å²) in [5.74, 6) is 0.162. The van der Waals surface area contributed by atoms with Crippen LogP contribution in [0.4, 0.5) is 11.5 Å². The van der Waals surface area contributed by atoms with Gasteiger partial charge in [0.2, 0.25) is 5.28 Å². The molecule has 2 saturated heterocycles. The highest BCUT2D eigenvalue weighted by Crippen LogP contribution is 2.33. The molecule has 0 unspecified atom stereocenters. The van der Waals surface area contributed by atoms with E-state index in [1.807, 2.05) is 0 Å². The van der Waals surface area contributed by atoms with E-state index in [1.165, 1.54) is 6.20 Å². The van der Waals surface area contributed by atoms with Gasteiger partial charge in [-0.1, -0.05) is 0 Å². The number of aromatic nitrogens is 2. The van der Waals surface area contributed by atoms with E-state index >= 15 is 0 Å². The van der Waals surface area contributed by atoms with E-state index in [0.717, 1.165) is 19.4 Å². The predicted octanol–water partition coefficient (Wildman–Crippen LogP) is 1.06. The van der Waals surface area contributed by atoms with Crippen LogP contribution in [0.3, 0.4) is 0 Å². The molecule has 18 heavy (non-hydrogen) atoms. The number of nitrogens with zero attached hydrogens (tertiary/aromatic N) is 3. The average molecular weight is 271 g/mol. The van der Waals surface area contributed by atoms with E-state index in [9.17, 15) is 0 Å². The summed E-state index contributed by atoms with van der Waals surface area (Å²) in [5, 5.41) is 0.201. The Morgan fingerprint density at radius 2 is 2.17 bits per heavy atom. The van der Waals surface area contributed by atoms with Crippen LogP contribution in [0.25, 0.3) is 0 Å². The zero-order chi connectivity index (χ0) is 12.6. The second-order valence-corrected chi connectivity index (χ2v) is 4.89. The van der Waals surface area contributed by atoms with Gasteiger partial charge >= 0.3 is 0 Å². The molecule has 0 atom stereocenters. The zero-order valence-electron chi connectivity index (χ0n) is 9.93. The Morgan fingerprint density at radius 1 is 1.39 bits per heavy atom. The molecule has 98 valence electrons. The third kappa shape index (κ3) is 2.11. The number of nitrogen functional groups attached to an aromatic ring is 1. The molecule has 1 aromatic heterocycles. The van der Waals surface area contributed by atoms with Gasteiger partial charge in [-0.3, -0.25) is 0 Å². The molecule has 2 fully saturated rings. The molecule has 2 aliphatic rings. The maximum Gasteiger partial charge on any atom is 0.224 e. The molecule has 0 saturated carbocycles. The van der Waals surface area contributed by atoms with E-state index in [4.69, 9.17) is 26.8 Å². The molecule has 0 amide bonds. The van der Waals surface area contributed by atoms with Crippen molar-refractivity contribution in [2.45, 2.75) is 18.6 Å². The SMILES string of the molecule is Nc1cnc(Cl)nc1N1CCCC2(C1)OCCO2. The second kappa shape index (κ2) is 4.53. The summed E-state index contributed by atoms with van der Waals surface area (Å²) in [6, 6.07) is 0. The minimum atomic E-state index is -0.498. The van der Waals surface area contributed by atoms with Gasteiger partial charge in [0.25, 0.3) is 0 Å². The summed E-state index contributed by atoms with van der Waals surface area (Å²) in [6.45, 7) is 2.79. The van der Waals surface area contributed by atoms with Gasteiger partial charge in [-0.05, 0) is 18.0 Å². The zero-order valence-corrected chi connectivity index (χ0v) is 10.7. The Balaban J connectivity index is 1.85. The highest BCUT2D eigenvalue weighted by atomic mass is 35.5. The van der Waals surface area contributed by atoms with Gasteiger partial charge in [0, 0.05) is 13.0 Å². The minimum absolute atomic E-state index is 0.201. The third-order valence-corrected chi connectivity index (χ3v) is 3.48. The van der Waals surface area contributed by atoms with Crippen LogP contribution in [0.5, 0.6) is 0 Å². The molecule has 0 aromatic carbocycles. The monoisotopic (exact) mass is 270 g/mol. The van der Waals surface area contributed by atoms with E-state index in [-0.39, 0.29) is 5.28 Å². The molecule has 3 rings (SSSR count). The van der Waals surface area contributed by atoms with Gasteiger partial charge in [-0.2, -0.15) is 4.98 Å². The van der Waals surface area contributed by atoms with Crippen molar-refractivity contribution >= 4 is 23.1 Å². The molecule has 0 radical (unpaired) electrons. The Labute approximate surface area is 110 Å². The van der Waals surface area contributed by atoms with Crippen molar-refractivity contribution in [1.29, 1.82) is 0 Å². The summed E-state index contributed by atoms with van der Waals surface area (Å²) in [4.78, 5) is 10.1. The molecular formula is C11H15ClN4O2. The van der Waals surface area contributed by atoms with Crippen LogP contribution < -0.4 is 10.6 Å². The number of ether oxygens (including phenoxy) is 2. The first kappa shape index (κ1) is 12.0. The molecule has 7 heteroatoms. The van der Waals surface area contributed by atoms with Crippen molar-refractivity contribution in [2.24, 2.45) is 0 Å². The number of rotatable bonds is 1. The van der Waals surface area contributed by atoms with E-state index in [1.54, 1.807) is 0 Å². The van der Waals surface area contributed by atoms with Crippen LogP contribution >= 0.6 is 11.6 Å². The summed E-state index contributed by atoms with van der Waals surface area (Å²) in [6.07, 6.45) is 3.41. The number of halogens is 1. The fourth-order valence-corrected chi connectivity index (χ4v) is 2.65. The highest BCUT2D eigenvalue weighted by molar-refractivity contribution is 6.28. The van der Waals surface area contributed by atoms with E-state index in [0.29, 0.717) is 31.3 Å². The standard InChI is InChI=1S/C11H15ClN4O2/c12-10-14-6-8(13)9(15-10)16-3-1-2-11(7-16)17-4-5-18-11/h6H,1-5,7,13H2. The van der Waals surface area contributed by atoms with Gasteiger partial charge in [-0.15, -0.1) is 0 Å². The highest BCUT2D eigenvalue weighted by Gasteiger charge is 2.41. The van der Waals surface area contributed by atoms with Crippen molar-refractivity contribution in [2.75, 3.05) is 36.9 Å². The summed E-state index contributed by atoms with van der Waals surface area (Å²) in [7, 11) is 0. The average Bonchev–Trinajstić information content (AvgIpc) is 2.80. The van der Waals surface area contributed by atoms with Gasteiger partial charge in [0.1, 0.15) is 0 Å². The first-order valence-corrected chi connectivity index (χ1v) is 6.37. The van der Waals surface area contributed by atoms with Gasteiger partial charge in [-0.25, -0.2) is 4.98 Å². The first-order chi connectivity index (χ1) is 8.69. The summed E-state index contributed by atoms with van der Waals surface area (Å²) >= 11 is 5.82. The minimum Gasteiger partial charge on any atom is -0.394 e. The number of nitrogens with two attached hydrogens (primary N) is 1. The van der Waals surface area contributed by atoms with Crippen molar-refractivity contribution < 1.29 is 9.47 Å². The second-order valence-electron chi connectivity index (χ2n) is 4.55. The lowest BCUT2D eigenvalue weighted by molar-refractivity contribution is -0.161. The van der Waals surface area contributed by atoms with Gasteiger partial charge < -0.3 is 20.1 Å². The normalized spacial score (nSPS) is 22.6. The quantitative estimate of drug-likeness (QED) is 0.769. The van der Waals surface area contributed by atoms with Crippen molar-refractivity contribution in [3.8, 4) is 0 Å². The molecule has 1 aromatic rings. The maximum atomic E-state index is 5.90. The van der Waals surface area contributed by atoms with Crippen LogP contribution in [0.1, 0.15) is 12.8 Å². The van der Waals surface area contributed by atoms with Crippen LogP contribution in [0.15, 0.2) is 6.20 Å². The third-order valence-electron chi connectivity index (χ3n) is 3.30. The Hall–Kier alpha value is -1.11. The van der Waals surface area contributed by atoms with Crippen molar-refractivity contribution in [1.82, 2.24) is 9.97 Å². The first-order valence-electron chi connectivity index (χ1n) is 5.99. The lowest BCUT2D eigenvalue weighted by Crippen LogP contribution is -2.49. The number of piperidine rings is 1. The molecule has 0 aliphatic carbocycles. The number of hydrogen-bond donors (Lipinski definition) is 1. The van der Waals surface area contributed by atoms with E-state index < -0.39 is 5.79 Å². The van der Waals surface area contributed by atoms with Crippen molar-refractivity contribution in [3.05, 3.63) is 11.5 Å². The molecule has 2 N–H and O–H groups in total. The lowest BCUT2D eigenvalue weighted by Gasteiger charge is -2.39. The fourth-order valence-electron chi connectivity index (χ4n) is 2.52. The molecule has 0 bridgehead atoms. The van der Waals surface area contributed by atoms with E-state index in [2.05, 4.69) is 14.9 Å². The number of hydrogen-bond acceptors (Lipinski definition) is 6. The Bertz CT molecular complexity index is 451. The van der Waals surface area contributed by atoms with Crippen molar-refractivity contribution in [3.63, 3.8) is 0 Å². The topological polar surface area (TPSA) is 73.5 Å². The summed E-state index contributed by atoms with van der Waals surface area (Å²) < 4.78 is 11.4. The number of anilines is 2. The lowest BCUT2D eigenvalue weighted by atomic mass is 10.0. The maximum absolute atomic E-state index is 5.90. The van der Waals surface area contributed by atoms with Crippen LogP contribution in [0, 0.1) is 0 Å². The van der Waals surface area contributed by atoms with Crippen LogP contribution in [0.2, 0.25) is 5.28 Å². The largest absolute Gasteiger partial charge is 0.394 e. The molecule has 6 nitrogen and oxygen atoms in total. The van der Waals surface area contributed by atoms with Crippen LogP contribution in [-0.4, -0.2) is 42.1 Å². The van der Waals surface area contributed by atoms with Crippen LogP contribution in [-0.2, 0) is 9.47 Å². The Kier molecular flexibility index (Phi) is 3.01. The fraction of sp³-hybridized carbons (Fsp3) is 0.636. The predicted molar refractivity (Wildman–Crippen MR) is 67.5 cm³/mol. The molecular weight excluding hydrogens is 256 g/mol. The summed E-state index contributed by atoms with van der Waals surface area (Å²) in [5.41, 5.74) is 6.42.